The number of rotatable bonds is 6. The van der Waals surface area contributed by atoms with E-state index in [-0.39, 0.29) is 17.7 Å². The predicted octanol–water partition coefficient (Wildman–Crippen LogP) is 2.46. The molecule has 6 nitrogen and oxygen atoms in total. The van der Waals surface area contributed by atoms with Crippen molar-refractivity contribution in [3.05, 3.63) is 65.2 Å². The van der Waals surface area contributed by atoms with Gasteiger partial charge in [0.05, 0.1) is 5.56 Å². The van der Waals surface area contributed by atoms with Crippen molar-refractivity contribution < 1.29 is 32.3 Å². The van der Waals surface area contributed by atoms with Gasteiger partial charge in [0.1, 0.15) is 11.8 Å². The van der Waals surface area contributed by atoms with Crippen molar-refractivity contribution in [2.24, 2.45) is 5.73 Å². The van der Waals surface area contributed by atoms with Gasteiger partial charge in [0, 0.05) is 18.9 Å². The molecule has 0 aliphatic heterocycles. The minimum atomic E-state index is -4.47. The topological polar surface area (TPSA) is 98.5 Å². The van der Waals surface area contributed by atoms with Crippen molar-refractivity contribution >= 4 is 17.8 Å². The van der Waals surface area contributed by atoms with Crippen molar-refractivity contribution in [3.63, 3.8) is 0 Å². The second-order valence-corrected chi connectivity index (χ2v) is 5.95. The number of hydrogen-bond donors (Lipinski definition) is 2. The number of carbonyl (C=O) groups is 3. The van der Waals surface area contributed by atoms with Crippen LogP contribution in [0, 0.1) is 0 Å². The first-order valence-electron chi connectivity index (χ1n) is 8.11. The molecule has 3 N–H and O–H groups in total. The number of amides is 2. The molecule has 0 spiro atoms. The molecule has 2 amide bonds. The summed E-state index contributed by atoms with van der Waals surface area (Å²) in [5.41, 5.74) is 5.00. The molecule has 0 aromatic heterocycles. The maximum absolute atomic E-state index is 12.6. The average molecular weight is 394 g/mol. The maximum Gasteiger partial charge on any atom is 0.416 e. The molecular weight excluding hydrogens is 377 g/mol. The van der Waals surface area contributed by atoms with Crippen LogP contribution in [0.2, 0.25) is 0 Å². The van der Waals surface area contributed by atoms with Crippen molar-refractivity contribution in [1.82, 2.24) is 5.32 Å². The van der Waals surface area contributed by atoms with Crippen LogP contribution < -0.4 is 15.8 Å². The third kappa shape index (κ3) is 5.83. The third-order valence-corrected chi connectivity index (χ3v) is 3.73. The molecule has 148 valence electrons. The highest BCUT2D eigenvalue weighted by atomic mass is 19.4. The van der Waals surface area contributed by atoms with E-state index in [1.807, 2.05) is 0 Å². The summed E-state index contributed by atoms with van der Waals surface area (Å²) in [7, 11) is 0. The predicted molar refractivity (Wildman–Crippen MR) is 93.3 cm³/mol. The van der Waals surface area contributed by atoms with E-state index in [1.165, 1.54) is 43.3 Å². The number of esters is 1. The van der Waals surface area contributed by atoms with Crippen molar-refractivity contribution in [2.45, 2.75) is 25.6 Å². The zero-order chi connectivity index (χ0) is 20.9. The number of ether oxygens (including phenoxy) is 1. The number of nitrogens with one attached hydrogen (secondary N) is 1. The van der Waals surface area contributed by atoms with E-state index in [2.05, 4.69) is 5.32 Å². The Morgan fingerprint density at radius 1 is 1.11 bits per heavy atom. The van der Waals surface area contributed by atoms with Crippen LogP contribution in [0.4, 0.5) is 13.2 Å². The molecule has 0 heterocycles. The normalized spacial score (nSPS) is 12.1. The van der Waals surface area contributed by atoms with Gasteiger partial charge in [0.2, 0.25) is 5.91 Å². The van der Waals surface area contributed by atoms with E-state index >= 15 is 0 Å². The van der Waals surface area contributed by atoms with Gasteiger partial charge in [-0.1, -0.05) is 18.2 Å². The van der Waals surface area contributed by atoms with Crippen LogP contribution in [0.5, 0.6) is 5.75 Å². The van der Waals surface area contributed by atoms with Crippen LogP contribution >= 0.6 is 0 Å². The molecule has 2 aromatic rings. The van der Waals surface area contributed by atoms with E-state index in [0.29, 0.717) is 5.56 Å². The lowest BCUT2D eigenvalue weighted by atomic mass is 10.0. The van der Waals surface area contributed by atoms with E-state index in [0.717, 1.165) is 12.1 Å². The lowest BCUT2D eigenvalue weighted by Gasteiger charge is -2.16. The highest BCUT2D eigenvalue weighted by Gasteiger charge is 2.30. The molecule has 0 unspecified atom stereocenters. The first-order valence-corrected chi connectivity index (χ1v) is 8.11. The minimum Gasteiger partial charge on any atom is -0.427 e. The number of nitrogens with two attached hydrogens (primary N) is 1. The fourth-order valence-electron chi connectivity index (χ4n) is 2.40. The third-order valence-electron chi connectivity index (χ3n) is 3.73. The molecular formula is C19H17F3N2O4. The Morgan fingerprint density at radius 3 is 2.29 bits per heavy atom. The second kappa shape index (κ2) is 8.55. The quantitative estimate of drug-likeness (QED) is 0.581. The number of hydrogen-bond acceptors (Lipinski definition) is 4. The number of benzene rings is 2. The van der Waals surface area contributed by atoms with Crippen LogP contribution in [0.15, 0.2) is 48.5 Å². The number of alkyl halides is 3. The van der Waals surface area contributed by atoms with Gasteiger partial charge in [-0.25, -0.2) is 0 Å². The van der Waals surface area contributed by atoms with Gasteiger partial charge in [0.15, 0.2) is 0 Å². The number of carbonyl (C=O) groups excluding carboxylic acids is 3. The largest absolute Gasteiger partial charge is 0.427 e. The fourth-order valence-corrected chi connectivity index (χ4v) is 2.40. The summed E-state index contributed by atoms with van der Waals surface area (Å²) in [6, 6.07) is 8.79. The summed E-state index contributed by atoms with van der Waals surface area (Å²) >= 11 is 0. The summed E-state index contributed by atoms with van der Waals surface area (Å²) < 4.78 is 42.7. The summed E-state index contributed by atoms with van der Waals surface area (Å²) in [6.07, 6.45) is -4.55. The Labute approximate surface area is 158 Å². The van der Waals surface area contributed by atoms with Gasteiger partial charge < -0.3 is 15.8 Å². The molecule has 2 aromatic carbocycles. The van der Waals surface area contributed by atoms with Crippen molar-refractivity contribution in [2.75, 3.05) is 0 Å². The molecule has 0 aliphatic carbocycles. The van der Waals surface area contributed by atoms with Gasteiger partial charge in [-0.2, -0.15) is 13.2 Å². The molecule has 0 bridgehead atoms. The molecule has 0 fully saturated rings. The summed E-state index contributed by atoms with van der Waals surface area (Å²) in [4.78, 5) is 35.0. The zero-order valence-electron chi connectivity index (χ0n) is 14.7. The van der Waals surface area contributed by atoms with Gasteiger partial charge in [0.25, 0.3) is 5.91 Å². The van der Waals surface area contributed by atoms with Crippen LogP contribution in [0.1, 0.15) is 28.4 Å². The Bertz CT molecular complexity index is 879. The lowest BCUT2D eigenvalue weighted by Crippen LogP contribution is -2.45. The van der Waals surface area contributed by atoms with E-state index in [1.54, 1.807) is 0 Å². The molecule has 0 radical (unpaired) electrons. The standard InChI is InChI=1S/C19H17F3N2O4/c1-11(25)28-15-4-2-3-13(10-15)18(27)24-16(17(23)26)9-12-5-7-14(8-6-12)19(20,21)22/h2-8,10,16H,9H2,1H3,(H2,23,26)(H,24,27)/t16-/m1/s1. The van der Waals surface area contributed by atoms with Gasteiger partial charge in [-0.15, -0.1) is 0 Å². The molecule has 0 saturated heterocycles. The van der Waals surface area contributed by atoms with Crippen LogP contribution in [-0.4, -0.2) is 23.8 Å². The Morgan fingerprint density at radius 2 is 1.75 bits per heavy atom. The summed E-state index contributed by atoms with van der Waals surface area (Å²) in [6.45, 7) is 1.21. The Kier molecular flexibility index (Phi) is 6.40. The SMILES string of the molecule is CC(=O)Oc1cccc(C(=O)N[C@H](Cc2ccc(C(F)(F)F)cc2)C(N)=O)c1. The number of halogens is 3. The fraction of sp³-hybridized carbons (Fsp3) is 0.211. The summed E-state index contributed by atoms with van der Waals surface area (Å²) in [5.74, 6) is -1.90. The average Bonchev–Trinajstić information content (AvgIpc) is 2.60. The molecule has 28 heavy (non-hydrogen) atoms. The molecule has 9 heteroatoms. The van der Waals surface area contributed by atoms with E-state index in [9.17, 15) is 27.6 Å². The first-order chi connectivity index (χ1) is 13.1. The van der Waals surface area contributed by atoms with E-state index in [4.69, 9.17) is 10.5 Å². The highest BCUT2D eigenvalue weighted by Crippen LogP contribution is 2.29. The Balaban J connectivity index is 2.11. The van der Waals surface area contributed by atoms with E-state index < -0.39 is 35.6 Å². The monoisotopic (exact) mass is 394 g/mol. The molecule has 0 saturated carbocycles. The van der Waals surface area contributed by atoms with Crippen LogP contribution in [0.3, 0.4) is 0 Å². The van der Waals surface area contributed by atoms with Gasteiger partial charge in [-0.05, 0) is 35.9 Å². The summed E-state index contributed by atoms with van der Waals surface area (Å²) in [5, 5.41) is 2.43. The van der Waals surface area contributed by atoms with Gasteiger partial charge >= 0.3 is 12.1 Å². The van der Waals surface area contributed by atoms with Crippen LogP contribution in [0.25, 0.3) is 0 Å². The van der Waals surface area contributed by atoms with Gasteiger partial charge in [-0.3, -0.25) is 14.4 Å². The molecule has 0 aliphatic rings. The molecule has 1 atom stereocenters. The minimum absolute atomic E-state index is 0.0805. The zero-order valence-corrected chi connectivity index (χ0v) is 14.7. The van der Waals surface area contributed by atoms with Crippen LogP contribution in [-0.2, 0) is 22.2 Å². The molecule has 2 rings (SSSR count). The highest BCUT2D eigenvalue weighted by molar-refractivity contribution is 5.97. The number of primary amides is 1. The Hall–Kier alpha value is -3.36. The smallest absolute Gasteiger partial charge is 0.416 e. The maximum atomic E-state index is 12.6. The van der Waals surface area contributed by atoms with Crippen molar-refractivity contribution in [3.8, 4) is 5.75 Å². The lowest BCUT2D eigenvalue weighted by molar-refractivity contribution is -0.137. The second-order valence-electron chi connectivity index (χ2n) is 5.95. The first kappa shape index (κ1) is 20.9. The van der Waals surface area contributed by atoms with Crippen molar-refractivity contribution in [1.29, 1.82) is 0 Å².